The molecule has 0 radical (unpaired) electrons. The summed E-state index contributed by atoms with van der Waals surface area (Å²) in [6.07, 6.45) is 3.56. The van der Waals surface area contributed by atoms with E-state index in [4.69, 9.17) is 0 Å². The van der Waals surface area contributed by atoms with Gasteiger partial charge in [-0.3, -0.25) is 4.98 Å². The van der Waals surface area contributed by atoms with Gasteiger partial charge < -0.3 is 15.5 Å². The first kappa shape index (κ1) is 17.7. The van der Waals surface area contributed by atoms with Crippen LogP contribution in [-0.2, 0) is 6.54 Å². The predicted octanol–water partition coefficient (Wildman–Crippen LogP) is 2.88. The van der Waals surface area contributed by atoms with E-state index in [9.17, 15) is 4.79 Å². The highest BCUT2D eigenvalue weighted by molar-refractivity contribution is 5.74. The van der Waals surface area contributed by atoms with Gasteiger partial charge in [0.15, 0.2) is 0 Å². The molecule has 0 fully saturated rings. The van der Waals surface area contributed by atoms with Gasteiger partial charge in [0.05, 0.1) is 24.0 Å². The number of amides is 2. The summed E-state index contributed by atoms with van der Waals surface area (Å²) in [5.74, 6) is 0.868. The van der Waals surface area contributed by atoms with Crippen molar-refractivity contribution in [1.82, 2.24) is 20.6 Å². The van der Waals surface area contributed by atoms with Crippen molar-refractivity contribution in [2.24, 2.45) is 0 Å². The lowest BCUT2D eigenvalue weighted by Gasteiger charge is -2.18. The molecule has 0 aliphatic heterocycles. The molecular formula is C18H25N5O. The zero-order valence-corrected chi connectivity index (χ0v) is 14.5. The molecule has 2 amide bonds. The van der Waals surface area contributed by atoms with Crippen molar-refractivity contribution >= 4 is 11.8 Å². The zero-order chi connectivity index (χ0) is 17.4. The van der Waals surface area contributed by atoms with Gasteiger partial charge in [-0.1, -0.05) is 25.5 Å². The highest BCUT2D eigenvalue weighted by atomic mass is 16.2. The number of carbonyl (C=O) groups excluding carboxylic acids is 1. The van der Waals surface area contributed by atoms with E-state index in [1.54, 1.807) is 6.20 Å². The molecule has 6 nitrogen and oxygen atoms in total. The molecule has 128 valence electrons. The van der Waals surface area contributed by atoms with E-state index < -0.39 is 0 Å². The van der Waals surface area contributed by atoms with Crippen LogP contribution in [0.2, 0.25) is 0 Å². The van der Waals surface area contributed by atoms with E-state index in [0.717, 1.165) is 30.0 Å². The van der Waals surface area contributed by atoms with Crippen molar-refractivity contribution in [2.45, 2.75) is 32.4 Å². The quantitative estimate of drug-likeness (QED) is 0.820. The van der Waals surface area contributed by atoms with Crippen molar-refractivity contribution in [3.8, 4) is 0 Å². The lowest BCUT2D eigenvalue weighted by atomic mass is 10.1. The van der Waals surface area contributed by atoms with Crippen molar-refractivity contribution < 1.29 is 4.79 Å². The van der Waals surface area contributed by atoms with Crippen LogP contribution in [0.25, 0.3) is 0 Å². The smallest absolute Gasteiger partial charge is 0.315 e. The molecule has 0 spiro atoms. The average molecular weight is 327 g/mol. The number of hydrogen-bond acceptors (Lipinski definition) is 4. The number of anilines is 1. The third-order valence-corrected chi connectivity index (χ3v) is 3.61. The Morgan fingerprint density at radius 1 is 1.21 bits per heavy atom. The fourth-order valence-corrected chi connectivity index (χ4v) is 2.36. The topological polar surface area (TPSA) is 70.2 Å². The molecule has 0 unspecified atom stereocenters. The summed E-state index contributed by atoms with van der Waals surface area (Å²) in [5.41, 5.74) is 1.70. The minimum atomic E-state index is -0.212. The Bertz CT molecular complexity index is 645. The van der Waals surface area contributed by atoms with E-state index in [-0.39, 0.29) is 12.1 Å². The molecule has 0 aromatic carbocycles. The molecule has 0 saturated carbocycles. The van der Waals surface area contributed by atoms with Gasteiger partial charge >= 0.3 is 6.03 Å². The van der Waals surface area contributed by atoms with Crippen molar-refractivity contribution in [3.05, 3.63) is 54.0 Å². The molecule has 0 aliphatic carbocycles. The summed E-state index contributed by atoms with van der Waals surface area (Å²) >= 11 is 0. The molecule has 1 atom stereocenters. The second kappa shape index (κ2) is 8.86. The highest BCUT2D eigenvalue weighted by Crippen LogP contribution is 2.15. The molecule has 24 heavy (non-hydrogen) atoms. The highest BCUT2D eigenvalue weighted by Gasteiger charge is 2.14. The van der Waals surface area contributed by atoms with Gasteiger partial charge in [0.2, 0.25) is 0 Å². The van der Waals surface area contributed by atoms with Crippen LogP contribution in [0.15, 0.2) is 42.6 Å². The van der Waals surface area contributed by atoms with Crippen molar-refractivity contribution in [1.29, 1.82) is 0 Å². The van der Waals surface area contributed by atoms with E-state index in [1.165, 1.54) is 0 Å². The van der Waals surface area contributed by atoms with Gasteiger partial charge in [-0.15, -0.1) is 0 Å². The number of nitrogens with zero attached hydrogens (tertiary/aromatic N) is 3. The van der Waals surface area contributed by atoms with Crippen LogP contribution in [0.5, 0.6) is 0 Å². The minimum Gasteiger partial charge on any atom is -0.363 e. The Labute approximate surface area is 143 Å². The maximum atomic E-state index is 12.2. The normalized spacial score (nSPS) is 11.6. The van der Waals surface area contributed by atoms with Gasteiger partial charge in [0.25, 0.3) is 0 Å². The SMILES string of the molecule is CCC[C@@H](NC(=O)NCc1cccc(N(C)C)n1)c1ccccn1. The van der Waals surface area contributed by atoms with Crippen LogP contribution in [-0.4, -0.2) is 30.1 Å². The summed E-state index contributed by atoms with van der Waals surface area (Å²) in [7, 11) is 3.88. The third kappa shape index (κ3) is 5.22. The van der Waals surface area contributed by atoms with Crippen LogP contribution in [0.1, 0.15) is 37.2 Å². The molecule has 0 aliphatic rings. The maximum Gasteiger partial charge on any atom is 0.315 e. The lowest BCUT2D eigenvalue weighted by Crippen LogP contribution is -2.38. The standard InChI is InChI=1S/C18H25N5O/c1-4-8-16(15-10-5-6-12-19-15)22-18(24)20-13-14-9-7-11-17(21-14)23(2)3/h5-7,9-12,16H,4,8,13H2,1-3H3,(H2,20,22,24)/t16-/m1/s1. The Balaban J connectivity index is 1.93. The molecular weight excluding hydrogens is 302 g/mol. The second-order valence-electron chi connectivity index (χ2n) is 5.80. The van der Waals surface area contributed by atoms with Crippen LogP contribution >= 0.6 is 0 Å². The molecule has 2 rings (SSSR count). The number of nitrogens with one attached hydrogen (secondary N) is 2. The number of aromatic nitrogens is 2. The fourth-order valence-electron chi connectivity index (χ4n) is 2.36. The molecule has 0 saturated heterocycles. The summed E-state index contributed by atoms with van der Waals surface area (Å²) in [5, 5.41) is 5.86. The number of urea groups is 1. The minimum absolute atomic E-state index is 0.0859. The zero-order valence-electron chi connectivity index (χ0n) is 14.5. The molecule has 2 aromatic rings. The first-order chi connectivity index (χ1) is 11.6. The van der Waals surface area contributed by atoms with Crippen molar-refractivity contribution in [3.63, 3.8) is 0 Å². The lowest BCUT2D eigenvalue weighted by molar-refractivity contribution is 0.235. The second-order valence-corrected chi connectivity index (χ2v) is 5.80. The molecule has 2 aromatic heterocycles. The summed E-state index contributed by atoms with van der Waals surface area (Å²) in [6.45, 7) is 2.47. The number of hydrogen-bond donors (Lipinski definition) is 2. The average Bonchev–Trinajstić information content (AvgIpc) is 2.60. The van der Waals surface area contributed by atoms with Crippen LogP contribution in [0, 0.1) is 0 Å². The van der Waals surface area contributed by atoms with E-state index in [2.05, 4.69) is 27.5 Å². The van der Waals surface area contributed by atoms with Crippen LogP contribution < -0.4 is 15.5 Å². The van der Waals surface area contributed by atoms with Gasteiger partial charge in [0, 0.05) is 20.3 Å². The van der Waals surface area contributed by atoms with Gasteiger partial charge in [-0.2, -0.15) is 0 Å². The van der Waals surface area contributed by atoms with E-state index in [0.29, 0.717) is 6.54 Å². The van der Waals surface area contributed by atoms with Gasteiger partial charge in [0.1, 0.15) is 5.82 Å². The van der Waals surface area contributed by atoms with E-state index in [1.807, 2.05) is 55.4 Å². The molecule has 2 heterocycles. The number of carbonyl (C=O) groups is 1. The number of rotatable bonds is 7. The van der Waals surface area contributed by atoms with Crippen molar-refractivity contribution in [2.75, 3.05) is 19.0 Å². The van der Waals surface area contributed by atoms with E-state index >= 15 is 0 Å². The van der Waals surface area contributed by atoms with Gasteiger partial charge in [-0.25, -0.2) is 9.78 Å². The fraction of sp³-hybridized carbons (Fsp3) is 0.389. The number of pyridine rings is 2. The largest absolute Gasteiger partial charge is 0.363 e. The van der Waals surface area contributed by atoms with Crippen LogP contribution in [0.3, 0.4) is 0 Å². The Morgan fingerprint density at radius 2 is 2.04 bits per heavy atom. The monoisotopic (exact) mass is 327 g/mol. The summed E-state index contributed by atoms with van der Waals surface area (Å²) < 4.78 is 0. The molecule has 2 N–H and O–H groups in total. The third-order valence-electron chi connectivity index (χ3n) is 3.61. The predicted molar refractivity (Wildman–Crippen MR) is 95.8 cm³/mol. The summed E-state index contributed by atoms with van der Waals surface area (Å²) in [4.78, 5) is 23.0. The molecule has 0 bridgehead atoms. The molecule has 6 heteroatoms. The van der Waals surface area contributed by atoms with Crippen LogP contribution in [0.4, 0.5) is 10.6 Å². The Hall–Kier alpha value is -2.63. The Morgan fingerprint density at radius 3 is 2.71 bits per heavy atom. The maximum absolute atomic E-state index is 12.2. The first-order valence-corrected chi connectivity index (χ1v) is 8.18. The van der Waals surface area contributed by atoms with Gasteiger partial charge in [-0.05, 0) is 30.7 Å². The Kier molecular flexibility index (Phi) is 6.54. The first-order valence-electron chi connectivity index (χ1n) is 8.18. The summed E-state index contributed by atoms with van der Waals surface area (Å²) in [6, 6.07) is 11.2.